The second-order valence-electron chi connectivity index (χ2n) is 6.62. The molecule has 0 unspecified atom stereocenters. The van der Waals surface area contributed by atoms with Crippen LogP contribution in [0.4, 0.5) is 4.79 Å². The number of fused-ring (bicyclic) bond motifs is 1. The van der Waals surface area contributed by atoms with Gasteiger partial charge in [-0.05, 0) is 25.2 Å². The summed E-state index contributed by atoms with van der Waals surface area (Å²) in [4.78, 5) is 51.5. The van der Waals surface area contributed by atoms with Gasteiger partial charge in [0.25, 0.3) is 5.91 Å². The maximum atomic E-state index is 12.7. The predicted molar refractivity (Wildman–Crippen MR) is 78.4 cm³/mol. The lowest BCUT2D eigenvalue weighted by Gasteiger charge is -2.33. The van der Waals surface area contributed by atoms with E-state index < -0.39 is 29.9 Å². The number of carboxylic acid groups (broad SMARTS) is 1. The molecule has 2 aliphatic heterocycles. The van der Waals surface area contributed by atoms with Gasteiger partial charge in [0, 0.05) is 13.1 Å². The number of carbonyl (C=O) groups excluding carboxylic acids is 3. The van der Waals surface area contributed by atoms with Crippen LogP contribution in [-0.2, 0) is 14.4 Å². The van der Waals surface area contributed by atoms with Crippen LogP contribution in [0.5, 0.6) is 0 Å². The van der Waals surface area contributed by atoms with Gasteiger partial charge in [0.2, 0.25) is 5.91 Å². The van der Waals surface area contributed by atoms with Crippen molar-refractivity contribution < 1.29 is 24.3 Å². The minimum Gasteiger partial charge on any atom is -0.480 e. The molecule has 23 heavy (non-hydrogen) atoms. The first-order valence-corrected chi connectivity index (χ1v) is 7.99. The van der Waals surface area contributed by atoms with Gasteiger partial charge in [-0.1, -0.05) is 12.8 Å². The number of carboxylic acids is 1. The van der Waals surface area contributed by atoms with E-state index in [2.05, 4.69) is 0 Å². The van der Waals surface area contributed by atoms with Crippen molar-refractivity contribution in [1.29, 1.82) is 0 Å². The summed E-state index contributed by atoms with van der Waals surface area (Å²) in [7, 11) is 1.50. The Labute approximate surface area is 134 Å². The van der Waals surface area contributed by atoms with Gasteiger partial charge in [-0.15, -0.1) is 0 Å². The Bertz CT molecular complexity index is 563. The quantitative estimate of drug-likeness (QED) is 0.744. The highest BCUT2D eigenvalue weighted by Gasteiger charge is 2.48. The third-order valence-corrected chi connectivity index (χ3v) is 5.19. The van der Waals surface area contributed by atoms with Crippen molar-refractivity contribution in [1.82, 2.24) is 14.7 Å². The lowest BCUT2D eigenvalue weighted by atomic mass is 9.85. The first kappa shape index (κ1) is 15.8. The highest BCUT2D eigenvalue weighted by molar-refractivity contribution is 6.04. The first-order valence-electron chi connectivity index (χ1n) is 7.99. The third kappa shape index (κ3) is 2.66. The monoisotopic (exact) mass is 323 g/mol. The zero-order chi connectivity index (χ0) is 16.7. The van der Waals surface area contributed by atoms with E-state index in [1.165, 1.54) is 16.8 Å². The molecule has 1 N–H and O–H groups in total. The fraction of sp³-hybridized carbons (Fsp3) is 0.733. The largest absolute Gasteiger partial charge is 0.480 e. The van der Waals surface area contributed by atoms with Gasteiger partial charge in [-0.25, -0.2) is 9.59 Å². The number of hydrogen-bond donors (Lipinski definition) is 1. The van der Waals surface area contributed by atoms with Gasteiger partial charge < -0.3 is 14.9 Å². The molecule has 1 saturated carbocycles. The van der Waals surface area contributed by atoms with Crippen LogP contribution >= 0.6 is 0 Å². The average Bonchev–Trinajstić information content (AvgIpc) is 3.00. The molecule has 3 aliphatic rings. The second kappa shape index (κ2) is 5.82. The van der Waals surface area contributed by atoms with Gasteiger partial charge in [0.05, 0.1) is 0 Å². The number of urea groups is 1. The summed E-state index contributed by atoms with van der Waals surface area (Å²) >= 11 is 0. The maximum absolute atomic E-state index is 12.7. The van der Waals surface area contributed by atoms with Crippen LogP contribution in [0, 0.1) is 5.92 Å². The lowest BCUT2D eigenvalue weighted by Crippen LogP contribution is -2.51. The fourth-order valence-electron chi connectivity index (χ4n) is 4.08. The Morgan fingerprint density at radius 3 is 2.52 bits per heavy atom. The molecule has 3 rings (SSSR count). The van der Waals surface area contributed by atoms with Crippen LogP contribution < -0.4 is 0 Å². The molecule has 1 aliphatic carbocycles. The van der Waals surface area contributed by atoms with Crippen LogP contribution in [0.15, 0.2) is 0 Å². The number of aliphatic carboxylic acids is 1. The van der Waals surface area contributed by atoms with E-state index in [0.717, 1.165) is 30.6 Å². The number of nitrogens with zero attached hydrogens (tertiary/aromatic N) is 3. The van der Waals surface area contributed by atoms with Crippen LogP contribution in [0.2, 0.25) is 0 Å². The summed E-state index contributed by atoms with van der Waals surface area (Å²) in [6.45, 7) is -0.407. The molecule has 0 aromatic carbocycles. The number of hydrogen-bond acceptors (Lipinski definition) is 4. The number of amides is 4. The zero-order valence-electron chi connectivity index (χ0n) is 13.1. The highest BCUT2D eigenvalue weighted by Crippen LogP contribution is 2.39. The number of rotatable bonds is 3. The minimum absolute atomic E-state index is 0.0411. The number of imide groups is 1. The van der Waals surface area contributed by atoms with Gasteiger partial charge in [-0.2, -0.15) is 0 Å². The number of likely N-dealkylation sites (N-methyl/N-ethyl adjacent to an activating group) is 1. The predicted octanol–water partition coefficient (Wildman–Crippen LogP) is 0.125. The Morgan fingerprint density at radius 1 is 1.22 bits per heavy atom. The van der Waals surface area contributed by atoms with Gasteiger partial charge >= 0.3 is 12.0 Å². The zero-order valence-corrected chi connectivity index (χ0v) is 13.1. The van der Waals surface area contributed by atoms with Crippen molar-refractivity contribution in [3.8, 4) is 0 Å². The number of likely N-dealkylation sites (tertiary alicyclic amines) is 1. The molecule has 0 radical (unpaired) electrons. The molecule has 8 nitrogen and oxygen atoms in total. The summed E-state index contributed by atoms with van der Waals surface area (Å²) in [6, 6.07) is -1.43. The smallest absolute Gasteiger partial charge is 0.327 e. The average molecular weight is 323 g/mol. The third-order valence-electron chi connectivity index (χ3n) is 5.19. The van der Waals surface area contributed by atoms with Crippen molar-refractivity contribution in [2.45, 2.75) is 44.2 Å². The molecular weight excluding hydrogens is 302 g/mol. The molecule has 2 heterocycles. The topological polar surface area (TPSA) is 98.2 Å². The molecule has 0 aromatic rings. The van der Waals surface area contributed by atoms with E-state index in [0.29, 0.717) is 6.42 Å². The number of carbonyl (C=O) groups is 4. The van der Waals surface area contributed by atoms with Crippen LogP contribution in [0.1, 0.15) is 32.1 Å². The van der Waals surface area contributed by atoms with Crippen molar-refractivity contribution in [2.24, 2.45) is 5.92 Å². The Hall–Kier alpha value is -2.12. The Kier molecular flexibility index (Phi) is 3.99. The second-order valence-corrected chi connectivity index (χ2v) is 6.62. The summed E-state index contributed by atoms with van der Waals surface area (Å²) < 4.78 is 0. The molecule has 126 valence electrons. The summed E-state index contributed by atoms with van der Waals surface area (Å²) in [5.74, 6) is -1.66. The van der Waals surface area contributed by atoms with Crippen molar-refractivity contribution in [3.63, 3.8) is 0 Å². The van der Waals surface area contributed by atoms with Crippen molar-refractivity contribution >= 4 is 23.8 Å². The molecule has 0 spiro atoms. The molecule has 0 aromatic heterocycles. The molecule has 3 fully saturated rings. The highest BCUT2D eigenvalue weighted by atomic mass is 16.4. The molecule has 2 saturated heterocycles. The Morgan fingerprint density at radius 2 is 1.91 bits per heavy atom. The van der Waals surface area contributed by atoms with E-state index in [1.807, 2.05) is 0 Å². The molecule has 8 heteroatoms. The van der Waals surface area contributed by atoms with Crippen molar-refractivity contribution in [2.75, 3.05) is 20.1 Å². The van der Waals surface area contributed by atoms with E-state index in [-0.39, 0.29) is 25.0 Å². The maximum Gasteiger partial charge on any atom is 0.327 e. The SMILES string of the molecule is CN1CC(=O)N(CC(=O)N2[C@H](C(=O)O)C[C@@H]3CCCC[C@@H]32)C1=O. The van der Waals surface area contributed by atoms with Crippen LogP contribution in [0.25, 0.3) is 0 Å². The van der Waals surface area contributed by atoms with E-state index in [9.17, 15) is 24.3 Å². The van der Waals surface area contributed by atoms with E-state index in [4.69, 9.17) is 0 Å². The molecule has 4 amide bonds. The fourth-order valence-corrected chi connectivity index (χ4v) is 4.08. The molecule has 3 atom stereocenters. The summed E-state index contributed by atoms with van der Waals surface area (Å²) in [6.07, 6.45) is 4.23. The van der Waals surface area contributed by atoms with E-state index >= 15 is 0 Å². The minimum atomic E-state index is -1.01. The lowest BCUT2D eigenvalue weighted by molar-refractivity contribution is -0.150. The summed E-state index contributed by atoms with van der Waals surface area (Å²) in [5, 5.41) is 9.44. The van der Waals surface area contributed by atoms with Gasteiger partial charge in [0.1, 0.15) is 19.1 Å². The Balaban J connectivity index is 1.77. The van der Waals surface area contributed by atoms with E-state index in [1.54, 1.807) is 0 Å². The van der Waals surface area contributed by atoms with Crippen LogP contribution in [0.3, 0.4) is 0 Å². The molecule has 0 bridgehead atoms. The molecular formula is C15H21N3O5. The van der Waals surface area contributed by atoms with Crippen molar-refractivity contribution in [3.05, 3.63) is 0 Å². The normalized spacial score (nSPS) is 30.8. The first-order chi connectivity index (χ1) is 10.9. The van der Waals surface area contributed by atoms with Gasteiger partial charge in [-0.3, -0.25) is 14.5 Å². The van der Waals surface area contributed by atoms with Crippen LogP contribution in [-0.4, -0.2) is 75.8 Å². The summed E-state index contributed by atoms with van der Waals surface area (Å²) in [5.41, 5.74) is 0. The standard InChI is InChI=1S/C15H21N3O5/c1-16-7-12(19)17(15(16)23)8-13(20)18-10-5-3-2-4-9(10)6-11(18)14(21)22/h9-11H,2-8H2,1H3,(H,21,22)/t9-,10-,11-/m0/s1. The van der Waals surface area contributed by atoms with Gasteiger partial charge in [0.15, 0.2) is 0 Å².